The molecule has 0 spiro atoms. The number of guanidine groups is 1. The highest BCUT2D eigenvalue weighted by molar-refractivity contribution is 14.0. The fourth-order valence-corrected chi connectivity index (χ4v) is 5.98. The lowest BCUT2D eigenvalue weighted by molar-refractivity contribution is -0.140. The zero-order valence-electron chi connectivity index (χ0n) is 19.0. The van der Waals surface area contributed by atoms with Gasteiger partial charge in [-0.05, 0) is 36.7 Å². The number of rotatable bonds is 6. The van der Waals surface area contributed by atoms with Crippen molar-refractivity contribution in [3.05, 3.63) is 48.0 Å². The Balaban J connectivity index is 0.00000259. The lowest BCUT2D eigenvalue weighted by atomic mass is 9.85. The largest absolute Gasteiger partial charge is 0.373 e. The molecule has 1 aromatic carbocycles. The third kappa shape index (κ3) is 4.69. The van der Waals surface area contributed by atoms with Gasteiger partial charge in [0, 0.05) is 39.2 Å². The van der Waals surface area contributed by atoms with Gasteiger partial charge in [-0.3, -0.25) is 19.5 Å². The minimum absolute atomic E-state index is 0. The van der Waals surface area contributed by atoms with Gasteiger partial charge in [0.15, 0.2) is 5.96 Å². The van der Waals surface area contributed by atoms with Crippen molar-refractivity contribution in [1.82, 2.24) is 15.5 Å². The van der Waals surface area contributed by atoms with Crippen molar-refractivity contribution < 1.29 is 14.3 Å². The molecule has 2 N–H and O–H groups in total. The van der Waals surface area contributed by atoms with Gasteiger partial charge in [-0.25, -0.2) is 0 Å². The molecule has 2 aliphatic carbocycles. The van der Waals surface area contributed by atoms with E-state index in [1.807, 2.05) is 6.07 Å². The van der Waals surface area contributed by atoms with Crippen LogP contribution in [0.2, 0.25) is 0 Å². The number of aliphatic imine (C=N–C) groups is 1. The number of hydrogen-bond donors (Lipinski definition) is 2. The van der Waals surface area contributed by atoms with Crippen molar-refractivity contribution in [3.63, 3.8) is 0 Å². The molecule has 7 nitrogen and oxygen atoms in total. The number of halogens is 1. The van der Waals surface area contributed by atoms with Gasteiger partial charge in [-0.15, -0.1) is 24.0 Å². The summed E-state index contributed by atoms with van der Waals surface area (Å²) < 4.78 is 6.09. The standard InChI is InChI=1S/C25H32N4O3.HI/c1-26-25(28-15-19-8-5-13-32-22(19)16-6-3-2-4-7-16)27-11-12-29-23(30)20-17-9-10-18(14-17)21(20)24(29)31;/h2-4,6-7,9-10,17-22H,5,8,11-15H2,1H3,(H2,26,27,28);1H. The number of carbonyl (C=O) groups is 2. The van der Waals surface area contributed by atoms with E-state index in [4.69, 9.17) is 4.74 Å². The molecule has 2 heterocycles. The summed E-state index contributed by atoms with van der Waals surface area (Å²) >= 11 is 0. The zero-order valence-corrected chi connectivity index (χ0v) is 21.3. The van der Waals surface area contributed by atoms with Crippen molar-refractivity contribution in [1.29, 1.82) is 0 Å². The number of allylic oxidation sites excluding steroid dienone is 2. The zero-order chi connectivity index (χ0) is 22.1. The molecule has 0 aromatic heterocycles. The van der Waals surface area contributed by atoms with E-state index in [0.29, 0.717) is 25.0 Å². The number of likely N-dealkylation sites (tertiary alicyclic amines) is 1. The molecule has 2 bridgehead atoms. The Kier molecular flexibility index (Phi) is 7.73. The maximum Gasteiger partial charge on any atom is 0.233 e. The smallest absolute Gasteiger partial charge is 0.233 e. The van der Waals surface area contributed by atoms with Gasteiger partial charge in [0.1, 0.15) is 0 Å². The lowest BCUT2D eigenvalue weighted by Crippen LogP contribution is -2.45. The third-order valence-corrected chi connectivity index (χ3v) is 7.52. The SMILES string of the molecule is CN=C(NCCN1C(=O)C2C3C=CC(C3)C2C1=O)NCC1CCCOC1c1ccccc1.I. The van der Waals surface area contributed by atoms with Crippen molar-refractivity contribution in [3.8, 4) is 0 Å². The van der Waals surface area contributed by atoms with E-state index < -0.39 is 0 Å². The van der Waals surface area contributed by atoms with Gasteiger partial charge < -0.3 is 15.4 Å². The number of amides is 2. The molecule has 178 valence electrons. The van der Waals surface area contributed by atoms with E-state index >= 15 is 0 Å². The average Bonchev–Trinajstić information content (AvgIpc) is 3.52. The number of imide groups is 1. The summed E-state index contributed by atoms with van der Waals surface area (Å²) in [5.74, 6) is 1.30. The Morgan fingerprint density at radius 3 is 2.45 bits per heavy atom. The fourth-order valence-electron chi connectivity index (χ4n) is 5.98. The van der Waals surface area contributed by atoms with Gasteiger partial charge in [0.25, 0.3) is 0 Å². The average molecular weight is 564 g/mol. The molecule has 3 fully saturated rings. The highest BCUT2D eigenvalue weighted by Crippen LogP contribution is 2.52. The first kappa shape index (κ1) is 24.2. The molecule has 6 unspecified atom stereocenters. The van der Waals surface area contributed by atoms with Crippen LogP contribution in [0.15, 0.2) is 47.5 Å². The molecule has 4 aliphatic rings. The maximum atomic E-state index is 12.8. The second-order valence-corrected chi connectivity index (χ2v) is 9.31. The molecular formula is C25H33IN4O3. The van der Waals surface area contributed by atoms with Crippen LogP contribution in [0.5, 0.6) is 0 Å². The monoisotopic (exact) mass is 564 g/mol. The van der Waals surface area contributed by atoms with Gasteiger partial charge >= 0.3 is 0 Å². The maximum absolute atomic E-state index is 12.8. The highest BCUT2D eigenvalue weighted by atomic mass is 127. The van der Waals surface area contributed by atoms with Crippen LogP contribution in [0.4, 0.5) is 0 Å². The summed E-state index contributed by atoms with van der Waals surface area (Å²) in [7, 11) is 1.74. The summed E-state index contributed by atoms with van der Waals surface area (Å²) in [6.07, 6.45) is 7.45. The topological polar surface area (TPSA) is 83.0 Å². The highest BCUT2D eigenvalue weighted by Gasteiger charge is 2.58. The van der Waals surface area contributed by atoms with Crippen molar-refractivity contribution in [2.75, 3.05) is 33.3 Å². The number of nitrogens with one attached hydrogen (secondary N) is 2. The van der Waals surface area contributed by atoms with E-state index in [2.05, 4.69) is 52.0 Å². The summed E-state index contributed by atoms with van der Waals surface area (Å²) in [4.78, 5) is 31.4. The van der Waals surface area contributed by atoms with E-state index in [0.717, 1.165) is 32.4 Å². The molecule has 8 heteroatoms. The number of fused-ring (bicyclic) bond motifs is 5. The van der Waals surface area contributed by atoms with E-state index in [1.54, 1.807) is 7.05 Å². The van der Waals surface area contributed by atoms with Gasteiger partial charge in [-0.1, -0.05) is 42.5 Å². The quantitative estimate of drug-likeness (QED) is 0.183. The molecule has 33 heavy (non-hydrogen) atoms. The Morgan fingerprint density at radius 2 is 1.79 bits per heavy atom. The van der Waals surface area contributed by atoms with E-state index in [1.165, 1.54) is 10.5 Å². The first-order valence-corrected chi connectivity index (χ1v) is 11.8. The first-order valence-electron chi connectivity index (χ1n) is 11.8. The van der Waals surface area contributed by atoms with Crippen LogP contribution in [0.1, 0.15) is 30.9 Å². The second kappa shape index (κ2) is 10.5. The normalized spacial score (nSPS) is 32.6. The molecule has 6 atom stereocenters. The predicted octanol–water partition coefficient (Wildman–Crippen LogP) is 2.74. The Hall–Kier alpha value is -1.94. The number of benzene rings is 1. The van der Waals surface area contributed by atoms with E-state index in [9.17, 15) is 9.59 Å². The summed E-state index contributed by atoms with van der Waals surface area (Å²) in [5.41, 5.74) is 1.21. The van der Waals surface area contributed by atoms with Crippen LogP contribution in [-0.2, 0) is 14.3 Å². The summed E-state index contributed by atoms with van der Waals surface area (Å²) in [6.45, 7) is 2.41. The molecule has 0 radical (unpaired) electrons. The Morgan fingerprint density at radius 1 is 1.09 bits per heavy atom. The fraction of sp³-hybridized carbons (Fsp3) is 0.560. The molecule has 2 amide bonds. The minimum atomic E-state index is -0.129. The number of nitrogens with zero attached hydrogens (tertiary/aromatic N) is 2. The lowest BCUT2D eigenvalue weighted by Gasteiger charge is -2.32. The van der Waals surface area contributed by atoms with Crippen molar-refractivity contribution >= 4 is 41.8 Å². The second-order valence-electron chi connectivity index (χ2n) is 9.31. The van der Waals surface area contributed by atoms with Crippen LogP contribution >= 0.6 is 24.0 Å². The number of hydrogen-bond acceptors (Lipinski definition) is 4. The summed E-state index contributed by atoms with van der Waals surface area (Å²) in [6, 6.07) is 10.4. The predicted molar refractivity (Wildman–Crippen MR) is 137 cm³/mol. The third-order valence-electron chi connectivity index (χ3n) is 7.52. The van der Waals surface area contributed by atoms with Crippen molar-refractivity contribution in [2.45, 2.75) is 25.4 Å². The molecule has 2 aliphatic heterocycles. The molecular weight excluding hydrogens is 531 g/mol. The molecule has 1 aromatic rings. The molecule has 5 rings (SSSR count). The van der Waals surface area contributed by atoms with Crippen LogP contribution in [-0.4, -0.2) is 56.0 Å². The van der Waals surface area contributed by atoms with Crippen LogP contribution in [0, 0.1) is 29.6 Å². The number of ether oxygens (including phenoxy) is 1. The van der Waals surface area contributed by atoms with Crippen molar-refractivity contribution in [2.24, 2.45) is 34.6 Å². The first-order chi connectivity index (χ1) is 15.7. The van der Waals surface area contributed by atoms with Crippen LogP contribution in [0.3, 0.4) is 0 Å². The van der Waals surface area contributed by atoms with Gasteiger partial charge in [-0.2, -0.15) is 0 Å². The summed E-state index contributed by atoms with van der Waals surface area (Å²) in [5, 5.41) is 6.68. The molecule has 1 saturated carbocycles. The van der Waals surface area contributed by atoms with Crippen LogP contribution in [0.25, 0.3) is 0 Å². The molecule has 2 saturated heterocycles. The van der Waals surface area contributed by atoms with Gasteiger partial charge in [0.05, 0.1) is 17.9 Å². The Labute approximate surface area is 212 Å². The van der Waals surface area contributed by atoms with E-state index in [-0.39, 0.29) is 65.6 Å². The van der Waals surface area contributed by atoms with Crippen LogP contribution < -0.4 is 10.6 Å². The Bertz CT molecular complexity index is 891. The number of carbonyl (C=O) groups excluding carboxylic acids is 2. The minimum Gasteiger partial charge on any atom is -0.373 e. The van der Waals surface area contributed by atoms with Gasteiger partial charge in [0.2, 0.25) is 11.8 Å².